The number of esters is 1. The van der Waals surface area contributed by atoms with Crippen LogP contribution in [-0.4, -0.2) is 36.9 Å². The molecule has 0 bridgehead atoms. The molecule has 4 rings (SSSR count). The molecule has 1 atom stereocenters. The normalized spacial score (nSPS) is 14.0. The minimum absolute atomic E-state index is 0.327. The van der Waals surface area contributed by atoms with Gasteiger partial charge in [0.25, 0.3) is 0 Å². The summed E-state index contributed by atoms with van der Waals surface area (Å²) in [5, 5.41) is 0. The smallest absolute Gasteiger partial charge is 0.335 e. The van der Waals surface area contributed by atoms with E-state index in [4.69, 9.17) is 14.2 Å². The Morgan fingerprint density at radius 2 is 1.69 bits per heavy atom. The average Bonchev–Trinajstić information content (AvgIpc) is 3.14. The van der Waals surface area contributed by atoms with Gasteiger partial charge in [0.1, 0.15) is 12.4 Å². The highest BCUT2D eigenvalue weighted by molar-refractivity contribution is 5.99. The van der Waals surface area contributed by atoms with Crippen molar-refractivity contribution in [1.29, 1.82) is 0 Å². The van der Waals surface area contributed by atoms with Crippen LogP contribution in [0.25, 0.3) is 16.7 Å². The van der Waals surface area contributed by atoms with Crippen LogP contribution in [-0.2, 0) is 20.7 Å². The number of ether oxygens (including phenoxy) is 3. The van der Waals surface area contributed by atoms with Crippen LogP contribution in [0.4, 0.5) is 0 Å². The maximum atomic E-state index is 12.1. The number of rotatable bonds is 9. The molecule has 164 valence electrons. The van der Waals surface area contributed by atoms with Gasteiger partial charge in [-0.1, -0.05) is 42.5 Å². The maximum Gasteiger partial charge on any atom is 0.335 e. The van der Waals surface area contributed by atoms with Crippen molar-refractivity contribution in [3.05, 3.63) is 89.8 Å². The molecule has 0 fully saturated rings. The third-order valence-corrected chi connectivity index (χ3v) is 5.37. The molecule has 0 saturated heterocycles. The highest BCUT2D eigenvalue weighted by atomic mass is 16.6. The molecule has 0 aliphatic heterocycles. The number of aromatic nitrogens is 1. The van der Waals surface area contributed by atoms with Gasteiger partial charge in [0.2, 0.25) is 0 Å². The molecule has 2 aromatic carbocycles. The molecule has 1 heterocycles. The molecule has 0 radical (unpaired) electrons. The molecule has 0 N–H and O–H groups in total. The molecule has 0 saturated carbocycles. The van der Waals surface area contributed by atoms with E-state index >= 15 is 0 Å². The predicted molar refractivity (Wildman–Crippen MR) is 124 cm³/mol. The molecule has 1 aliphatic carbocycles. The lowest BCUT2D eigenvalue weighted by atomic mass is 10.1. The Kier molecular flexibility index (Phi) is 6.97. The molecule has 32 heavy (non-hydrogen) atoms. The summed E-state index contributed by atoms with van der Waals surface area (Å²) in [5.74, 6) is 0.439. The zero-order chi connectivity index (χ0) is 22.3. The summed E-state index contributed by atoms with van der Waals surface area (Å²) in [5.41, 5.74) is 6.63. The molecule has 1 unspecified atom stereocenters. The Morgan fingerprint density at radius 3 is 2.44 bits per heavy atom. The standard InChI is InChI=1S/C27H27NO4/c1-3-30-25(27(29)31-4-2)18-19-11-13-20(14-12-19)32-17-15-24-22-9-6-5-8-21(22)23-10-7-16-28-26(23)24/h5-16,25H,3-4,17-18H2,1-2H3. The first kappa shape index (κ1) is 21.8. The van der Waals surface area contributed by atoms with Gasteiger partial charge in [0, 0.05) is 30.4 Å². The van der Waals surface area contributed by atoms with E-state index in [1.807, 2.05) is 49.5 Å². The van der Waals surface area contributed by atoms with E-state index in [1.54, 1.807) is 6.92 Å². The number of benzene rings is 2. The highest BCUT2D eigenvalue weighted by Gasteiger charge is 2.23. The summed E-state index contributed by atoms with van der Waals surface area (Å²) in [6, 6.07) is 20.2. The second-order valence-corrected chi connectivity index (χ2v) is 7.42. The van der Waals surface area contributed by atoms with Gasteiger partial charge in [0.15, 0.2) is 6.10 Å². The van der Waals surface area contributed by atoms with E-state index in [2.05, 4.69) is 35.3 Å². The lowest BCUT2D eigenvalue weighted by Crippen LogP contribution is -2.28. The Bertz CT molecular complexity index is 1060. The molecule has 5 heteroatoms. The van der Waals surface area contributed by atoms with Crippen molar-refractivity contribution in [3.8, 4) is 16.9 Å². The van der Waals surface area contributed by atoms with Gasteiger partial charge in [-0.15, -0.1) is 0 Å². The Hall–Kier alpha value is -3.44. The number of fused-ring (bicyclic) bond motifs is 3. The number of hydrogen-bond donors (Lipinski definition) is 0. The van der Waals surface area contributed by atoms with Crippen LogP contribution in [0.15, 0.2) is 72.9 Å². The summed E-state index contributed by atoms with van der Waals surface area (Å²) < 4.78 is 16.6. The van der Waals surface area contributed by atoms with Gasteiger partial charge < -0.3 is 14.2 Å². The molecule has 0 spiro atoms. The van der Waals surface area contributed by atoms with Crippen LogP contribution in [0.1, 0.15) is 30.7 Å². The number of hydrogen-bond acceptors (Lipinski definition) is 5. The van der Waals surface area contributed by atoms with Crippen molar-refractivity contribution in [3.63, 3.8) is 0 Å². The van der Waals surface area contributed by atoms with E-state index < -0.39 is 6.10 Å². The second-order valence-electron chi connectivity index (χ2n) is 7.42. The summed E-state index contributed by atoms with van der Waals surface area (Å²) in [4.78, 5) is 16.7. The first-order chi connectivity index (χ1) is 15.7. The fourth-order valence-corrected chi connectivity index (χ4v) is 3.93. The Labute approximate surface area is 188 Å². The van der Waals surface area contributed by atoms with E-state index in [0.717, 1.165) is 28.1 Å². The number of nitrogens with zero attached hydrogens (tertiary/aromatic N) is 1. The van der Waals surface area contributed by atoms with E-state index in [9.17, 15) is 4.79 Å². The van der Waals surface area contributed by atoms with Crippen molar-refractivity contribution in [1.82, 2.24) is 4.98 Å². The summed E-state index contributed by atoms with van der Waals surface area (Å²) in [6.07, 6.45) is 3.78. The van der Waals surface area contributed by atoms with Crippen molar-refractivity contribution in [2.45, 2.75) is 26.4 Å². The number of carbonyl (C=O) groups is 1. The topological polar surface area (TPSA) is 57.7 Å². The van der Waals surface area contributed by atoms with Crippen molar-refractivity contribution in [2.75, 3.05) is 19.8 Å². The first-order valence-corrected chi connectivity index (χ1v) is 11.0. The van der Waals surface area contributed by atoms with Gasteiger partial charge in [0.05, 0.1) is 12.3 Å². The highest BCUT2D eigenvalue weighted by Crippen LogP contribution is 2.42. The van der Waals surface area contributed by atoms with E-state index in [1.165, 1.54) is 11.1 Å². The Balaban J connectivity index is 1.42. The molecule has 1 aliphatic rings. The van der Waals surface area contributed by atoms with Crippen molar-refractivity contribution >= 4 is 11.5 Å². The first-order valence-electron chi connectivity index (χ1n) is 11.0. The molecular formula is C27H27NO4. The van der Waals surface area contributed by atoms with Crippen LogP contribution < -0.4 is 4.74 Å². The molecule has 5 nitrogen and oxygen atoms in total. The van der Waals surface area contributed by atoms with Gasteiger partial charge in [-0.25, -0.2) is 4.79 Å². The Morgan fingerprint density at radius 1 is 0.938 bits per heavy atom. The van der Waals surface area contributed by atoms with E-state index in [0.29, 0.717) is 26.2 Å². The monoisotopic (exact) mass is 429 g/mol. The van der Waals surface area contributed by atoms with Gasteiger partial charge in [-0.2, -0.15) is 0 Å². The number of pyridine rings is 1. The minimum Gasteiger partial charge on any atom is -0.490 e. The fraction of sp³-hybridized carbons (Fsp3) is 0.259. The predicted octanol–water partition coefficient (Wildman–Crippen LogP) is 5.08. The zero-order valence-electron chi connectivity index (χ0n) is 18.4. The molecule has 3 aromatic rings. The summed E-state index contributed by atoms with van der Waals surface area (Å²) in [7, 11) is 0. The average molecular weight is 430 g/mol. The van der Waals surface area contributed by atoms with Gasteiger partial charge in [-0.05, 0) is 54.8 Å². The lowest BCUT2D eigenvalue weighted by Gasteiger charge is -2.15. The summed E-state index contributed by atoms with van der Waals surface area (Å²) >= 11 is 0. The van der Waals surface area contributed by atoms with Crippen molar-refractivity contribution < 1.29 is 19.0 Å². The quantitative estimate of drug-likeness (QED) is 0.347. The third kappa shape index (κ3) is 4.73. The third-order valence-electron chi connectivity index (χ3n) is 5.37. The lowest BCUT2D eigenvalue weighted by molar-refractivity contribution is -0.156. The van der Waals surface area contributed by atoms with Crippen LogP contribution in [0.5, 0.6) is 5.75 Å². The molecular weight excluding hydrogens is 402 g/mol. The van der Waals surface area contributed by atoms with Crippen LogP contribution in [0, 0.1) is 0 Å². The SMILES string of the molecule is CCOC(=O)C(Cc1ccc(OCC=C2c3ccccc3-c3cccnc32)cc1)OCC. The van der Waals surface area contributed by atoms with Crippen LogP contribution >= 0.6 is 0 Å². The molecule has 0 amide bonds. The van der Waals surface area contributed by atoms with Gasteiger partial charge in [-0.3, -0.25) is 4.98 Å². The largest absolute Gasteiger partial charge is 0.490 e. The zero-order valence-corrected chi connectivity index (χ0v) is 18.4. The van der Waals surface area contributed by atoms with Gasteiger partial charge >= 0.3 is 5.97 Å². The van der Waals surface area contributed by atoms with Crippen LogP contribution in [0.2, 0.25) is 0 Å². The minimum atomic E-state index is -0.591. The summed E-state index contributed by atoms with van der Waals surface area (Å²) in [6.45, 7) is 4.90. The fourth-order valence-electron chi connectivity index (χ4n) is 3.93. The number of carbonyl (C=O) groups excluding carboxylic acids is 1. The van der Waals surface area contributed by atoms with Crippen LogP contribution in [0.3, 0.4) is 0 Å². The molecule has 1 aromatic heterocycles. The maximum absolute atomic E-state index is 12.1. The van der Waals surface area contributed by atoms with Crippen molar-refractivity contribution in [2.24, 2.45) is 0 Å². The second kappa shape index (κ2) is 10.2. The van der Waals surface area contributed by atoms with E-state index in [-0.39, 0.29) is 5.97 Å².